The molecule has 0 spiro atoms. The van der Waals surface area contributed by atoms with E-state index in [1.165, 1.54) is 0 Å². The minimum atomic E-state index is 0.502. The molecule has 1 aromatic carbocycles. The molecule has 0 bridgehead atoms. The third-order valence-electron chi connectivity index (χ3n) is 2.58. The summed E-state index contributed by atoms with van der Waals surface area (Å²) in [5.74, 6) is 1.11. The van der Waals surface area contributed by atoms with Gasteiger partial charge in [-0.1, -0.05) is 6.92 Å². The Bertz CT molecular complexity index is 382. The van der Waals surface area contributed by atoms with Gasteiger partial charge in [-0.05, 0) is 43.4 Å². The number of anilines is 1. The maximum absolute atomic E-state index is 8.85. The van der Waals surface area contributed by atoms with Gasteiger partial charge in [0.25, 0.3) is 0 Å². The second-order valence-corrected chi connectivity index (χ2v) is 4.76. The maximum Gasteiger partial charge on any atom is 0.0994 e. The fraction of sp³-hybridized carbons (Fsp3) is 0.462. The number of aryl methyl sites for hydroxylation is 1. The van der Waals surface area contributed by atoms with E-state index in [2.05, 4.69) is 24.6 Å². The van der Waals surface area contributed by atoms with Gasteiger partial charge in [0.05, 0.1) is 11.6 Å². The first-order chi connectivity index (χ1) is 7.71. The summed E-state index contributed by atoms with van der Waals surface area (Å²) < 4.78 is 0. The number of nitrogens with one attached hydrogen (secondary N) is 1. The Balaban J connectivity index is 2.74. The second kappa shape index (κ2) is 6.44. The van der Waals surface area contributed by atoms with E-state index in [0.717, 1.165) is 29.0 Å². The van der Waals surface area contributed by atoms with Crippen LogP contribution in [0.25, 0.3) is 0 Å². The molecular formula is C13H18N2S. The molecular weight excluding hydrogens is 216 g/mol. The maximum atomic E-state index is 8.85. The number of nitrogens with zero attached hydrogens (tertiary/aromatic N) is 1. The van der Waals surface area contributed by atoms with Gasteiger partial charge in [0.2, 0.25) is 0 Å². The SMILES string of the molecule is CCC(CSC)Nc1ccc(C#N)c(C)c1. The number of hydrogen-bond donors (Lipinski definition) is 1. The molecule has 0 saturated carbocycles. The Hall–Kier alpha value is -1.14. The lowest BCUT2D eigenvalue weighted by Crippen LogP contribution is -2.21. The third-order valence-corrected chi connectivity index (χ3v) is 3.31. The second-order valence-electron chi connectivity index (χ2n) is 3.85. The van der Waals surface area contributed by atoms with Crippen LogP contribution in [-0.4, -0.2) is 18.1 Å². The third kappa shape index (κ3) is 3.46. The van der Waals surface area contributed by atoms with Crippen LogP contribution in [-0.2, 0) is 0 Å². The van der Waals surface area contributed by atoms with E-state index >= 15 is 0 Å². The molecule has 3 heteroatoms. The smallest absolute Gasteiger partial charge is 0.0994 e. The number of thioether (sulfide) groups is 1. The van der Waals surface area contributed by atoms with Gasteiger partial charge in [-0.15, -0.1) is 0 Å². The van der Waals surface area contributed by atoms with Crippen molar-refractivity contribution in [3.8, 4) is 6.07 Å². The standard InChI is InChI=1S/C13H18N2S/c1-4-12(9-16-3)15-13-6-5-11(8-14)10(2)7-13/h5-7,12,15H,4,9H2,1-3H3. The number of benzene rings is 1. The van der Waals surface area contributed by atoms with Crippen LogP contribution in [0.4, 0.5) is 5.69 Å². The van der Waals surface area contributed by atoms with Gasteiger partial charge in [-0.2, -0.15) is 17.0 Å². The topological polar surface area (TPSA) is 35.8 Å². The Morgan fingerprint density at radius 1 is 1.50 bits per heavy atom. The van der Waals surface area contributed by atoms with E-state index in [1.807, 2.05) is 36.9 Å². The van der Waals surface area contributed by atoms with Crippen molar-refractivity contribution >= 4 is 17.4 Å². The van der Waals surface area contributed by atoms with Crippen molar-refractivity contribution in [2.75, 3.05) is 17.3 Å². The summed E-state index contributed by atoms with van der Waals surface area (Å²) in [5, 5.41) is 12.3. The Morgan fingerprint density at radius 2 is 2.25 bits per heavy atom. The summed E-state index contributed by atoms with van der Waals surface area (Å²) in [4.78, 5) is 0. The molecule has 0 fully saturated rings. The minimum Gasteiger partial charge on any atom is -0.381 e. The predicted octanol–water partition coefficient (Wildman–Crippen LogP) is 3.42. The van der Waals surface area contributed by atoms with E-state index in [-0.39, 0.29) is 0 Å². The molecule has 0 radical (unpaired) electrons. The molecule has 86 valence electrons. The first-order valence-electron chi connectivity index (χ1n) is 5.47. The van der Waals surface area contributed by atoms with Gasteiger partial charge in [-0.25, -0.2) is 0 Å². The number of nitriles is 1. The van der Waals surface area contributed by atoms with Crippen LogP contribution in [0.2, 0.25) is 0 Å². The highest BCUT2D eigenvalue weighted by molar-refractivity contribution is 7.98. The highest BCUT2D eigenvalue weighted by Crippen LogP contribution is 2.17. The minimum absolute atomic E-state index is 0.502. The summed E-state index contributed by atoms with van der Waals surface area (Å²) in [6.45, 7) is 4.16. The average Bonchev–Trinajstić information content (AvgIpc) is 2.28. The quantitative estimate of drug-likeness (QED) is 0.848. The van der Waals surface area contributed by atoms with Gasteiger partial charge >= 0.3 is 0 Å². The van der Waals surface area contributed by atoms with Crippen LogP contribution in [0.1, 0.15) is 24.5 Å². The van der Waals surface area contributed by atoms with Gasteiger partial charge in [-0.3, -0.25) is 0 Å². The van der Waals surface area contributed by atoms with E-state index in [4.69, 9.17) is 5.26 Å². The lowest BCUT2D eigenvalue weighted by Gasteiger charge is -2.17. The fourth-order valence-electron chi connectivity index (χ4n) is 1.58. The van der Waals surface area contributed by atoms with Gasteiger partial charge in [0, 0.05) is 17.5 Å². The highest BCUT2D eigenvalue weighted by Gasteiger charge is 2.06. The first kappa shape index (κ1) is 12.9. The Morgan fingerprint density at radius 3 is 2.75 bits per heavy atom. The van der Waals surface area contributed by atoms with Crippen molar-refractivity contribution in [2.24, 2.45) is 0 Å². The van der Waals surface area contributed by atoms with Crippen molar-refractivity contribution in [2.45, 2.75) is 26.3 Å². The predicted molar refractivity (Wildman–Crippen MR) is 72.0 cm³/mol. The zero-order valence-corrected chi connectivity index (χ0v) is 10.9. The molecule has 0 aliphatic carbocycles. The summed E-state index contributed by atoms with van der Waals surface area (Å²) >= 11 is 1.85. The molecule has 0 heterocycles. The molecule has 0 amide bonds. The monoisotopic (exact) mass is 234 g/mol. The molecule has 0 saturated heterocycles. The molecule has 1 rings (SSSR count). The van der Waals surface area contributed by atoms with Crippen molar-refractivity contribution < 1.29 is 0 Å². The zero-order chi connectivity index (χ0) is 12.0. The normalized spacial score (nSPS) is 11.9. The molecule has 2 nitrogen and oxygen atoms in total. The zero-order valence-electron chi connectivity index (χ0n) is 10.1. The summed E-state index contributed by atoms with van der Waals surface area (Å²) in [6, 6.07) is 8.59. The van der Waals surface area contributed by atoms with E-state index < -0.39 is 0 Å². The lowest BCUT2D eigenvalue weighted by molar-refractivity contribution is 0.775. The van der Waals surface area contributed by atoms with Crippen LogP contribution in [0.3, 0.4) is 0 Å². The largest absolute Gasteiger partial charge is 0.381 e. The summed E-state index contributed by atoms with van der Waals surface area (Å²) in [5.41, 5.74) is 2.90. The van der Waals surface area contributed by atoms with E-state index in [0.29, 0.717) is 6.04 Å². The number of rotatable bonds is 5. The molecule has 1 unspecified atom stereocenters. The van der Waals surface area contributed by atoms with Crippen LogP contribution < -0.4 is 5.32 Å². The average molecular weight is 234 g/mol. The molecule has 1 N–H and O–H groups in total. The molecule has 16 heavy (non-hydrogen) atoms. The van der Waals surface area contributed by atoms with Crippen molar-refractivity contribution in [1.82, 2.24) is 0 Å². The lowest BCUT2D eigenvalue weighted by atomic mass is 10.1. The van der Waals surface area contributed by atoms with Crippen LogP contribution in [0.5, 0.6) is 0 Å². The first-order valence-corrected chi connectivity index (χ1v) is 6.86. The highest BCUT2D eigenvalue weighted by atomic mass is 32.2. The Labute approximate surface area is 102 Å². The molecule has 0 aromatic heterocycles. The molecule has 1 aromatic rings. The summed E-state index contributed by atoms with van der Waals surface area (Å²) in [6.07, 6.45) is 3.23. The van der Waals surface area contributed by atoms with Crippen molar-refractivity contribution in [3.63, 3.8) is 0 Å². The van der Waals surface area contributed by atoms with E-state index in [1.54, 1.807) is 0 Å². The number of hydrogen-bond acceptors (Lipinski definition) is 3. The molecule has 0 aliphatic heterocycles. The van der Waals surface area contributed by atoms with Crippen LogP contribution in [0, 0.1) is 18.3 Å². The fourth-order valence-corrected chi connectivity index (χ4v) is 2.30. The van der Waals surface area contributed by atoms with Crippen LogP contribution >= 0.6 is 11.8 Å². The van der Waals surface area contributed by atoms with Crippen molar-refractivity contribution in [3.05, 3.63) is 29.3 Å². The van der Waals surface area contributed by atoms with Gasteiger partial charge in [0.1, 0.15) is 0 Å². The van der Waals surface area contributed by atoms with Gasteiger partial charge in [0.15, 0.2) is 0 Å². The van der Waals surface area contributed by atoms with Crippen molar-refractivity contribution in [1.29, 1.82) is 5.26 Å². The molecule has 0 aliphatic rings. The Kier molecular flexibility index (Phi) is 5.21. The summed E-state index contributed by atoms with van der Waals surface area (Å²) in [7, 11) is 0. The molecule has 1 atom stereocenters. The van der Waals surface area contributed by atoms with E-state index in [9.17, 15) is 0 Å². The van der Waals surface area contributed by atoms with Crippen LogP contribution in [0.15, 0.2) is 18.2 Å². The van der Waals surface area contributed by atoms with Gasteiger partial charge < -0.3 is 5.32 Å².